The largest absolute Gasteiger partial charge is 0.494 e. The van der Waals surface area contributed by atoms with E-state index in [4.69, 9.17) is 9.47 Å². The Morgan fingerprint density at radius 1 is 1.22 bits per heavy atom. The predicted octanol–water partition coefficient (Wildman–Crippen LogP) is 4.52. The summed E-state index contributed by atoms with van der Waals surface area (Å²) in [4.78, 5) is 25.7. The number of methoxy groups -OCH3 is 1. The van der Waals surface area contributed by atoms with Gasteiger partial charge in [-0.25, -0.2) is 4.79 Å². The Bertz CT molecular complexity index is 828. The van der Waals surface area contributed by atoms with Crippen LogP contribution in [0.3, 0.4) is 0 Å². The van der Waals surface area contributed by atoms with Crippen LogP contribution in [0.2, 0.25) is 0 Å². The van der Waals surface area contributed by atoms with Gasteiger partial charge >= 0.3 is 5.97 Å². The number of hydrogen-bond acceptors (Lipinski definition) is 5. The van der Waals surface area contributed by atoms with Gasteiger partial charge in [0.1, 0.15) is 10.8 Å². The topological polar surface area (TPSA) is 64.6 Å². The number of esters is 1. The molecule has 0 atom stereocenters. The SMILES string of the molecule is COC(=O)c1c(NC(=O)CCCOc2cccc(C)c2)sc2c1CCCC2. The summed E-state index contributed by atoms with van der Waals surface area (Å²) < 4.78 is 10.6. The van der Waals surface area contributed by atoms with E-state index in [1.54, 1.807) is 0 Å². The van der Waals surface area contributed by atoms with Crippen molar-refractivity contribution in [2.75, 3.05) is 19.0 Å². The molecule has 1 aromatic heterocycles. The number of thiophene rings is 1. The van der Waals surface area contributed by atoms with Crippen LogP contribution in [0.15, 0.2) is 24.3 Å². The van der Waals surface area contributed by atoms with E-state index in [0.717, 1.165) is 42.6 Å². The van der Waals surface area contributed by atoms with E-state index < -0.39 is 0 Å². The number of carbonyl (C=O) groups is 2. The standard InChI is InChI=1S/C21H25NO4S/c1-14-7-5-8-15(13-14)26-12-6-11-18(23)22-20-19(21(24)25-2)16-9-3-4-10-17(16)27-20/h5,7-8,13H,3-4,6,9-12H2,1-2H3,(H,22,23). The van der Waals surface area contributed by atoms with Crippen LogP contribution in [0.1, 0.15) is 52.0 Å². The summed E-state index contributed by atoms with van der Waals surface area (Å²) in [7, 11) is 1.38. The van der Waals surface area contributed by atoms with Crippen molar-refractivity contribution < 1.29 is 19.1 Å². The van der Waals surface area contributed by atoms with Crippen LogP contribution in [0.5, 0.6) is 5.75 Å². The monoisotopic (exact) mass is 387 g/mol. The summed E-state index contributed by atoms with van der Waals surface area (Å²) in [5.74, 6) is 0.341. The van der Waals surface area contributed by atoms with Gasteiger partial charge in [0.05, 0.1) is 19.3 Å². The molecule has 1 N–H and O–H groups in total. The molecule has 1 aliphatic carbocycles. The van der Waals surface area contributed by atoms with Crippen molar-refractivity contribution in [1.29, 1.82) is 0 Å². The first-order valence-corrected chi connectivity index (χ1v) is 10.1. The highest BCUT2D eigenvalue weighted by molar-refractivity contribution is 7.17. The molecule has 1 aliphatic rings. The number of amides is 1. The molecule has 27 heavy (non-hydrogen) atoms. The molecular weight excluding hydrogens is 362 g/mol. The van der Waals surface area contributed by atoms with Gasteiger partial charge in [-0.05, 0) is 62.3 Å². The minimum Gasteiger partial charge on any atom is -0.494 e. The van der Waals surface area contributed by atoms with Crippen LogP contribution in [0.4, 0.5) is 5.00 Å². The molecule has 144 valence electrons. The molecule has 0 fully saturated rings. The van der Waals surface area contributed by atoms with Crippen molar-refractivity contribution in [3.63, 3.8) is 0 Å². The number of carbonyl (C=O) groups excluding carboxylic acids is 2. The maximum atomic E-state index is 12.3. The second-order valence-corrected chi connectivity index (χ2v) is 7.83. The molecular formula is C21H25NO4S. The van der Waals surface area contributed by atoms with Crippen LogP contribution < -0.4 is 10.1 Å². The molecule has 6 heteroatoms. The van der Waals surface area contributed by atoms with Crippen molar-refractivity contribution in [1.82, 2.24) is 0 Å². The van der Waals surface area contributed by atoms with Crippen LogP contribution in [-0.2, 0) is 22.4 Å². The van der Waals surface area contributed by atoms with Crippen LogP contribution >= 0.6 is 11.3 Å². The lowest BCUT2D eigenvalue weighted by molar-refractivity contribution is -0.116. The second-order valence-electron chi connectivity index (χ2n) is 6.72. The quantitative estimate of drug-likeness (QED) is 0.560. The third-order valence-corrected chi connectivity index (χ3v) is 5.83. The van der Waals surface area contributed by atoms with Crippen molar-refractivity contribution in [3.05, 3.63) is 45.8 Å². The third-order valence-electron chi connectivity index (χ3n) is 4.62. The smallest absolute Gasteiger partial charge is 0.341 e. The zero-order valence-corrected chi connectivity index (χ0v) is 16.6. The lowest BCUT2D eigenvalue weighted by Crippen LogP contribution is -2.15. The first kappa shape index (κ1) is 19.4. The highest BCUT2D eigenvalue weighted by Crippen LogP contribution is 2.38. The van der Waals surface area contributed by atoms with Crippen molar-refractivity contribution in [2.45, 2.75) is 45.4 Å². The summed E-state index contributed by atoms with van der Waals surface area (Å²) in [6, 6.07) is 7.84. The summed E-state index contributed by atoms with van der Waals surface area (Å²) in [6.07, 6.45) is 4.98. The van der Waals surface area contributed by atoms with Crippen LogP contribution in [0, 0.1) is 6.92 Å². The van der Waals surface area contributed by atoms with Crippen molar-refractivity contribution in [2.24, 2.45) is 0 Å². The molecule has 1 aromatic carbocycles. The maximum absolute atomic E-state index is 12.3. The van der Waals surface area contributed by atoms with Gasteiger partial charge in [-0.15, -0.1) is 11.3 Å². The Morgan fingerprint density at radius 3 is 2.81 bits per heavy atom. The number of ether oxygens (including phenoxy) is 2. The molecule has 0 aliphatic heterocycles. The van der Waals surface area contributed by atoms with E-state index in [1.807, 2.05) is 31.2 Å². The Labute approximate surface area is 163 Å². The van der Waals surface area contributed by atoms with E-state index >= 15 is 0 Å². The fourth-order valence-corrected chi connectivity index (χ4v) is 4.58. The Balaban J connectivity index is 1.56. The number of aryl methyl sites for hydroxylation is 2. The zero-order valence-electron chi connectivity index (χ0n) is 15.8. The number of rotatable bonds is 7. The van der Waals surface area contributed by atoms with E-state index in [1.165, 1.54) is 23.3 Å². The van der Waals surface area contributed by atoms with Crippen LogP contribution in [0.25, 0.3) is 0 Å². The highest BCUT2D eigenvalue weighted by atomic mass is 32.1. The maximum Gasteiger partial charge on any atom is 0.341 e. The summed E-state index contributed by atoms with van der Waals surface area (Å²) in [6.45, 7) is 2.49. The molecule has 0 unspecified atom stereocenters. The lowest BCUT2D eigenvalue weighted by atomic mass is 9.95. The van der Waals surface area contributed by atoms with Gasteiger partial charge in [0.2, 0.25) is 5.91 Å². The first-order valence-electron chi connectivity index (χ1n) is 9.30. The van der Waals surface area contributed by atoms with Crippen molar-refractivity contribution in [3.8, 4) is 5.75 Å². The number of anilines is 1. The number of benzene rings is 1. The molecule has 0 radical (unpaired) electrons. The molecule has 1 heterocycles. The van der Waals surface area contributed by atoms with Gasteiger partial charge in [-0.1, -0.05) is 12.1 Å². The molecule has 0 saturated heterocycles. The van der Waals surface area contributed by atoms with Crippen molar-refractivity contribution >= 4 is 28.2 Å². The molecule has 2 aromatic rings. The number of fused-ring (bicyclic) bond motifs is 1. The van der Waals surface area contributed by atoms with E-state index in [9.17, 15) is 9.59 Å². The Hall–Kier alpha value is -2.34. The first-order chi connectivity index (χ1) is 13.1. The van der Waals surface area contributed by atoms with Crippen LogP contribution in [-0.4, -0.2) is 25.6 Å². The molecule has 0 bridgehead atoms. The van der Waals surface area contributed by atoms with E-state index in [0.29, 0.717) is 30.0 Å². The van der Waals surface area contributed by atoms with Gasteiger partial charge in [0.15, 0.2) is 0 Å². The Kier molecular flexibility index (Phi) is 6.50. The fourth-order valence-electron chi connectivity index (χ4n) is 3.29. The molecule has 5 nitrogen and oxygen atoms in total. The van der Waals surface area contributed by atoms with E-state index in [-0.39, 0.29) is 11.9 Å². The zero-order chi connectivity index (χ0) is 19.2. The summed E-state index contributed by atoms with van der Waals surface area (Å²) in [5, 5.41) is 3.54. The normalized spacial score (nSPS) is 13.0. The second kappa shape index (κ2) is 9.04. The highest BCUT2D eigenvalue weighted by Gasteiger charge is 2.26. The third kappa shape index (κ3) is 4.89. The predicted molar refractivity (Wildman–Crippen MR) is 107 cm³/mol. The lowest BCUT2D eigenvalue weighted by Gasteiger charge is -2.11. The van der Waals surface area contributed by atoms with Gasteiger partial charge < -0.3 is 14.8 Å². The minimum absolute atomic E-state index is 0.105. The summed E-state index contributed by atoms with van der Waals surface area (Å²) >= 11 is 1.51. The molecule has 3 rings (SSSR count). The average molecular weight is 388 g/mol. The van der Waals surface area contributed by atoms with Gasteiger partial charge in [-0.3, -0.25) is 4.79 Å². The molecule has 1 amide bonds. The van der Waals surface area contributed by atoms with Gasteiger partial charge in [0.25, 0.3) is 0 Å². The Morgan fingerprint density at radius 2 is 2.04 bits per heavy atom. The number of nitrogens with one attached hydrogen (secondary N) is 1. The van der Waals surface area contributed by atoms with Gasteiger partial charge in [0, 0.05) is 11.3 Å². The molecule has 0 saturated carbocycles. The fraction of sp³-hybridized carbons (Fsp3) is 0.429. The summed E-state index contributed by atoms with van der Waals surface area (Å²) in [5.41, 5.74) is 2.74. The minimum atomic E-state index is -0.368. The molecule has 0 spiro atoms. The van der Waals surface area contributed by atoms with E-state index in [2.05, 4.69) is 5.32 Å². The average Bonchev–Trinajstić information content (AvgIpc) is 3.02. The number of hydrogen-bond donors (Lipinski definition) is 1. The van der Waals surface area contributed by atoms with Gasteiger partial charge in [-0.2, -0.15) is 0 Å².